The third kappa shape index (κ3) is 1.90. The minimum absolute atomic E-state index is 0. The lowest BCUT2D eigenvalue weighted by Gasteiger charge is -2.01. The lowest BCUT2D eigenvalue weighted by molar-refractivity contribution is 0.418. The molecular weight excluding hydrogens is 88.1 g/mol. The molecule has 2 nitrogen and oxygen atoms in total. The molecule has 1 saturated heterocycles. The molecule has 0 aromatic carbocycles. The largest absolute Gasteiger partial charge is 0.344 e. The zero-order chi connectivity index (χ0) is 4.41. The zero-order valence-corrected chi connectivity index (χ0v) is 4.98. The molecule has 3 N–H and O–H groups in total. The number of nitrogens with zero attached hydrogens (tertiary/aromatic N) is 1. The van der Waals surface area contributed by atoms with E-state index in [-0.39, 0.29) is 6.15 Å². The van der Waals surface area contributed by atoms with Crippen LogP contribution in [0.5, 0.6) is 0 Å². The van der Waals surface area contributed by atoms with Crippen LogP contribution in [0.3, 0.4) is 0 Å². The first-order chi connectivity index (χ1) is 2.89. The standard InChI is InChI=1S/C5H11N.H3N/c1-6-4-2-3-5-6;/h2-5H2,1H3;1H3. The van der Waals surface area contributed by atoms with E-state index in [1.807, 2.05) is 0 Å². The van der Waals surface area contributed by atoms with Crippen LogP contribution in [0.15, 0.2) is 0 Å². The second-order valence-electron chi connectivity index (χ2n) is 2.01. The summed E-state index contributed by atoms with van der Waals surface area (Å²) in [6, 6.07) is 0. The van der Waals surface area contributed by atoms with Gasteiger partial charge in [-0.1, -0.05) is 0 Å². The van der Waals surface area contributed by atoms with E-state index in [4.69, 9.17) is 0 Å². The van der Waals surface area contributed by atoms with Crippen molar-refractivity contribution in [2.75, 3.05) is 20.1 Å². The first kappa shape index (κ1) is 6.92. The first-order valence-corrected chi connectivity index (χ1v) is 2.58. The Morgan fingerprint density at radius 1 is 1.14 bits per heavy atom. The molecule has 0 spiro atoms. The molecular formula is C5H14N2. The van der Waals surface area contributed by atoms with Crippen molar-refractivity contribution in [3.05, 3.63) is 0 Å². The highest BCUT2D eigenvalue weighted by Crippen LogP contribution is 2.01. The van der Waals surface area contributed by atoms with E-state index in [1.54, 1.807) is 0 Å². The fourth-order valence-electron chi connectivity index (χ4n) is 0.875. The average Bonchev–Trinajstić information content (AvgIpc) is 1.86. The van der Waals surface area contributed by atoms with E-state index in [2.05, 4.69) is 11.9 Å². The van der Waals surface area contributed by atoms with E-state index < -0.39 is 0 Å². The van der Waals surface area contributed by atoms with Gasteiger partial charge in [0.1, 0.15) is 0 Å². The molecule has 0 radical (unpaired) electrons. The lowest BCUT2D eigenvalue weighted by Crippen LogP contribution is -2.10. The summed E-state index contributed by atoms with van der Waals surface area (Å²) in [4.78, 5) is 2.36. The smallest absolute Gasteiger partial charge is 0.00213 e. The molecule has 0 atom stereocenters. The second kappa shape index (κ2) is 2.99. The van der Waals surface area contributed by atoms with Crippen molar-refractivity contribution in [1.82, 2.24) is 11.1 Å². The maximum Gasteiger partial charge on any atom is -0.00213 e. The molecule has 1 heterocycles. The first-order valence-electron chi connectivity index (χ1n) is 2.58. The summed E-state index contributed by atoms with van der Waals surface area (Å²) in [6.45, 7) is 2.64. The number of hydrogen-bond acceptors (Lipinski definition) is 2. The Morgan fingerprint density at radius 2 is 1.57 bits per heavy atom. The van der Waals surface area contributed by atoms with Crippen LogP contribution >= 0.6 is 0 Å². The summed E-state index contributed by atoms with van der Waals surface area (Å²) < 4.78 is 0. The Balaban J connectivity index is 0.000000360. The maximum atomic E-state index is 2.36. The van der Waals surface area contributed by atoms with Crippen LogP contribution in [0.4, 0.5) is 0 Å². The van der Waals surface area contributed by atoms with Gasteiger partial charge >= 0.3 is 0 Å². The molecule has 2 heteroatoms. The summed E-state index contributed by atoms with van der Waals surface area (Å²) >= 11 is 0. The van der Waals surface area contributed by atoms with Crippen LogP contribution in [0, 0.1) is 0 Å². The Labute approximate surface area is 45.1 Å². The highest BCUT2D eigenvalue weighted by atomic mass is 15.1. The molecule has 44 valence electrons. The van der Waals surface area contributed by atoms with E-state index >= 15 is 0 Å². The van der Waals surface area contributed by atoms with Crippen LogP contribution < -0.4 is 6.15 Å². The molecule has 0 aromatic rings. The van der Waals surface area contributed by atoms with Gasteiger partial charge in [0.15, 0.2) is 0 Å². The van der Waals surface area contributed by atoms with Gasteiger partial charge in [-0.2, -0.15) is 0 Å². The Bertz CT molecular complexity index is 39.3. The van der Waals surface area contributed by atoms with E-state index in [0.29, 0.717) is 0 Å². The van der Waals surface area contributed by atoms with Gasteiger partial charge in [0, 0.05) is 0 Å². The number of likely N-dealkylation sites (tertiary alicyclic amines) is 1. The Morgan fingerprint density at radius 3 is 1.71 bits per heavy atom. The molecule has 0 amide bonds. The van der Waals surface area contributed by atoms with Crippen LogP contribution in [0.2, 0.25) is 0 Å². The molecule has 0 aliphatic carbocycles. The average molecular weight is 102 g/mol. The summed E-state index contributed by atoms with van der Waals surface area (Å²) in [7, 11) is 2.17. The van der Waals surface area contributed by atoms with Crippen molar-refractivity contribution in [3.8, 4) is 0 Å². The molecule has 0 saturated carbocycles. The van der Waals surface area contributed by atoms with E-state index in [0.717, 1.165) is 0 Å². The van der Waals surface area contributed by atoms with Crippen molar-refractivity contribution in [2.24, 2.45) is 0 Å². The van der Waals surface area contributed by atoms with Gasteiger partial charge in [0.2, 0.25) is 0 Å². The van der Waals surface area contributed by atoms with Crippen LogP contribution in [-0.4, -0.2) is 25.0 Å². The Hall–Kier alpha value is -0.0800. The summed E-state index contributed by atoms with van der Waals surface area (Å²) in [5.74, 6) is 0. The zero-order valence-electron chi connectivity index (χ0n) is 4.98. The maximum absolute atomic E-state index is 2.36. The van der Waals surface area contributed by atoms with Crippen molar-refractivity contribution >= 4 is 0 Å². The van der Waals surface area contributed by atoms with Gasteiger partial charge in [-0.15, -0.1) is 0 Å². The van der Waals surface area contributed by atoms with Gasteiger partial charge < -0.3 is 11.1 Å². The third-order valence-electron chi connectivity index (χ3n) is 1.33. The molecule has 7 heavy (non-hydrogen) atoms. The minimum atomic E-state index is 0. The van der Waals surface area contributed by atoms with Crippen LogP contribution in [-0.2, 0) is 0 Å². The Kier molecular flexibility index (Phi) is 2.96. The number of rotatable bonds is 0. The highest BCUT2D eigenvalue weighted by Gasteiger charge is 2.03. The molecule has 1 fully saturated rings. The van der Waals surface area contributed by atoms with Gasteiger partial charge in [0.05, 0.1) is 0 Å². The topological polar surface area (TPSA) is 38.2 Å². The van der Waals surface area contributed by atoms with Gasteiger partial charge in [0.25, 0.3) is 0 Å². The van der Waals surface area contributed by atoms with Gasteiger partial charge in [-0.05, 0) is 33.0 Å². The van der Waals surface area contributed by atoms with Crippen molar-refractivity contribution < 1.29 is 0 Å². The SMILES string of the molecule is CN1CCCC1.N. The fraction of sp³-hybridized carbons (Fsp3) is 1.00. The van der Waals surface area contributed by atoms with Crippen molar-refractivity contribution in [3.63, 3.8) is 0 Å². The highest BCUT2D eigenvalue weighted by molar-refractivity contribution is 4.59. The quantitative estimate of drug-likeness (QED) is 0.493. The van der Waals surface area contributed by atoms with Crippen molar-refractivity contribution in [1.29, 1.82) is 0 Å². The summed E-state index contributed by atoms with van der Waals surface area (Å²) in [5.41, 5.74) is 0. The third-order valence-corrected chi connectivity index (χ3v) is 1.33. The molecule has 1 rings (SSSR count). The predicted molar refractivity (Wildman–Crippen MR) is 31.8 cm³/mol. The monoisotopic (exact) mass is 102 g/mol. The molecule has 1 aliphatic heterocycles. The normalized spacial score (nSPS) is 21.9. The van der Waals surface area contributed by atoms with Gasteiger partial charge in [-0.3, -0.25) is 0 Å². The fourth-order valence-corrected chi connectivity index (χ4v) is 0.875. The predicted octanol–water partition coefficient (Wildman–Crippen LogP) is 0.874. The van der Waals surface area contributed by atoms with E-state index in [1.165, 1.54) is 25.9 Å². The summed E-state index contributed by atoms with van der Waals surface area (Å²) in [6.07, 6.45) is 2.83. The molecule has 0 bridgehead atoms. The van der Waals surface area contributed by atoms with Crippen LogP contribution in [0.1, 0.15) is 12.8 Å². The molecule has 1 aliphatic rings. The molecule has 0 aromatic heterocycles. The van der Waals surface area contributed by atoms with E-state index in [9.17, 15) is 0 Å². The second-order valence-corrected chi connectivity index (χ2v) is 2.01. The van der Waals surface area contributed by atoms with Crippen LogP contribution in [0.25, 0.3) is 0 Å². The van der Waals surface area contributed by atoms with Gasteiger partial charge in [-0.25, -0.2) is 0 Å². The lowest BCUT2D eigenvalue weighted by atomic mass is 10.4. The molecule has 0 unspecified atom stereocenters. The minimum Gasteiger partial charge on any atom is -0.344 e. The summed E-state index contributed by atoms with van der Waals surface area (Å²) in [5, 5.41) is 0. The number of hydrogen-bond donors (Lipinski definition) is 1. The van der Waals surface area contributed by atoms with Crippen molar-refractivity contribution in [2.45, 2.75) is 12.8 Å².